The highest BCUT2D eigenvalue weighted by Gasteiger charge is 2.47. The molecule has 1 aliphatic rings. The number of esters is 2. The van der Waals surface area contributed by atoms with Gasteiger partial charge in [-0.3, -0.25) is 9.59 Å². The van der Waals surface area contributed by atoms with Crippen molar-refractivity contribution in [3.8, 4) is 0 Å². The summed E-state index contributed by atoms with van der Waals surface area (Å²) in [6, 6.07) is 0. The first-order chi connectivity index (χ1) is 16.8. The average Bonchev–Trinajstić information content (AvgIpc) is 3.26. The smallest absolute Gasteiger partial charge is 0.303 e. The third-order valence-electron chi connectivity index (χ3n) is 5.23. The first-order valence-electron chi connectivity index (χ1n) is 11.7. The summed E-state index contributed by atoms with van der Waals surface area (Å²) in [7, 11) is 0. The highest BCUT2D eigenvalue weighted by atomic mass is 16.7. The Hall–Kier alpha value is -2.16. The van der Waals surface area contributed by atoms with E-state index in [0.717, 1.165) is 0 Å². The van der Waals surface area contributed by atoms with Crippen LogP contribution in [-0.2, 0) is 55.9 Å². The van der Waals surface area contributed by atoms with E-state index in [4.69, 9.17) is 38.3 Å². The van der Waals surface area contributed by atoms with Crippen molar-refractivity contribution in [1.29, 1.82) is 0 Å². The van der Waals surface area contributed by atoms with Crippen molar-refractivity contribution in [3.05, 3.63) is 11.9 Å². The number of rotatable bonds is 16. The SMILES string of the molecule is CC(=O)OC1[C@H](OCc2cn(CCOCCOCCOCCO)nn2)OC(C)[C@@H](C)[C@@H]1OC(C)=O. The van der Waals surface area contributed by atoms with E-state index in [-0.39, 0.29) is 25.2 Å². The molecule has 13 heteroatoms. The summed E-state index contributed by atoms with van der Waals surface area (Å²) in [5.41, 5.74) is 0.552. The van der Waals surface area contributed by atoms with Crippen LogP contribution in [0.3, 0.4) is 0 Å². The van der Waals surface area contributed by atoms with E-state index in [1.54, 1.807) is 10.9 Å². The molecule has 1 saturated heterocycles. The number of nitrogens with zero attached hydrogens (tertiary/aromatic N) is 3. The Labute approximate surface area is 204 Å². The van der Waals surface area contributed by atoms with E-state index in [1.165, 1.54) is 13.8 Å². The maximum Gasteiger partial charge on any atom is 0.303 e. The minimum Gasteiger partial charge on any atom is -0.458 e. The quantitative estimate of drug-likeness (QED) is 0.240. The lowest BCUT2D eigenvalue weighted by atomic mass is 9.91. The molecule has 0 aromatic carbocycles. The van der Waals surface area contributed by atoms with E-state index >= 15 is 0 Å². The molecule has 0 radical (unpaired) electrons. The zero-order valence-electron chi connectivity index (χ0n) is 20.8. The fourth-order valence-electron chi connectivity index (χ4n) is 3.39. The number of ether oxygens (including phenoxy) is 7. The third-order valence-corrected chi connectivity index (χ3v) is 5.23. The van der Waals surface area contributed by atoms with Crippen LogP contribution < -0.4 is 0 Å². The molecule has 1 aromatic rings. The largest absolute Gasteiger partial charge is 0.458 e. The highest BCUT2D eigenvalue weighted by Crippen LogP contribution is 2.31. The number of carbonyl (C=O) groups is 2. The van der Waals surface area contributed by atoms with Gasteiger partial charge in [0.05, 0.1) is 71.7 Å². The summed E-state index contributed by atoms with van der Waals surface area (Å²) in [4.78, 5) is 23.3. The van der Waals surface area contributed by atoms with Gasteiger partial charge in [-0.2, -0.15) is 0 Å². The number of aromatic nitrogens is 3. The Morgan fingerprint density at radius 3 is 2.20 bits per heavy atom. The van der Waals surface area contributed by atoms with Gasteiger partial charge < -0.3 is 38.3 Å². The standard InChI is InChI=1S/C22H37N3O10/c1-15-16(2)33-22(21(35-18(4)28)20(15)34-17(3)27)32-14-19-13-25(24-23-19)5-7-29-9-11-31-12-10-30-8-6-26/h13,15-16,20-22,26H,5-12,14H2,1-4H3/t15-,16?,20+,21?,22-/m1/s1. The first kappa shape index (κ1) is 29.1. The van der Waals surface area contributed by atoms with Gasteiger partial charge in [-0.1, -0.05) is 12.1 Å². The van der Waals surface area contributed by atoms with Gasteiger partial charge in [0, 0.05) is 19.8 Å². The summed E-state index contributed by atoms with van der Waals surface area (Å²) in [5, 5.41) is 16.7. The topological polar surface area (TPSA) is 150 Å². The fraction of sp³-hybridized carbons (Fsp3) is 0.818. The van der Waals surface area contributed by atoms with Gasteiger partial charge in [-0.15, -0.1) is 5.10 Å². The molecule has 2 unspecified atom stereocenters. The van der Waals surface area contributed by atoms with Crippen molar-refractivity contribution in [1.82, 2.24) is 15.0 Å². The van der Waals surface area contributed by atoms with Crippen LogP contribution in [0.4, 0.5) is 0 Å². The number of hydrogen-bond donors (Lipinski definition) is 1. The zero-order chi connectivity index (χ0) is 25.6. The summed E-state index contributed by atoms with van der Waals surface area (Å²) < 4.78 is 40.1. The van der Waals surface area contributed by atoms with Crippen LogP contribution in [-0.4, -0.2) is 103 Å². The molecule has 1 aromatic heterocycles. The van der Waals surface area contributed by atoms with Gasteiger partial charge in [0.15, 0.2) is 12.4 Å². The lowest BCUT2D eigenvalue weighted by Gasteiger charge is -2.42. The summed E-state index contributed by atoms with van der Waals surface area (Å²) in [5.74, 6) is -1.21. The number of aliphatic hydroxyl groups is 1. The molecule has 0 spiro atoms. The molecule has 1 fully saturated rings. The third kappa shape index (κ3) is 10.5. The van der Waals surface area contributed by atoms with E-state index in [0.29, 0.717) is 51.9 Å². The molecule has 0 amide bonds. The lowest BCUT2D eigenvalue weighted by molar-refractivity contribution is -0.290. The van der Waals surface area contributed by atoms with Crippen LogP contribution in [0.2, 0.25) is 0 Å². The van der Waals surface area contributed by atoms with Gasteiger partial charge in [-0.05, 0) is 6.92 Å². The maximum atomic E-state index is 11.7. The molecule has 2 heterocycles. The second-order valence-electron chi connectivity index (χ2n) is 8.06. The molecule has 0 saturated carbocycles. The van der Waals surface area contributed by atoms with E-state index in [2.05, 4.69) is 10.3 Å². The van der Waals surface area contributed by atoms with Gasteiger partial charge in [0.25, 0.3) is 0 Å². The van der Waals surface area contributed by atoms with E-state index < -0.39 is 30.4 Å². The minimum atomic E-state index is -0.933. The second-order valence-corrected chi connectivity index (χ2v) is 8.06. The fourth-order valence-corrected chi connectivity index (χ4v) is 3.39. The van der Waals surface area contributed by atoms with Gasteiger partial charge in [0.2, 0.25) is 0 Å². The Morgan fingerprint density at radius 2 is 1.57 bits per heavy atom. The lowest BCUT2D eigenvalue weighted by Crippen LogP contribution is -2.56. The van der Waals surface area contributed by atoms with Crippen LogP contribution in [0.25, 0.3) is 0 Å². The minimum absolute atomic E-state index is 0.00255. The predicted molar refractivity (Wildman–Crippen MR) is 119 cm³/mol. The molecule has 35 heavy (non-hydrogen) atoms. The van der Waals surface area contributed by atoms with Crippen LogP contribution >= 0.6 is 0 Å². The van der Waals surface area contributed by atoms with E-state index in [9.17, 15) is 9.59 Å². The van der Waals surface area contributed by atoms with Crippen molar-refractivity contribution >= 4 is 11.9 Å². The Bertz CT molecular complexity index is 762. The van der Waals surface area contributed by atoms with Crippen molar-refractivity contribution in [2.45, 2.75) is 65.4 Å². The summed E-state index contributed by atoms with van der Waals surface area (Å²) in [6.45, 7) is 9.30. The zero-order valence-corrected chi connectivity index (χ0v) is 20.8. The number of hydrogen-bond acceptors (Lipinski definition) is 12. The molecule has 1 N–H and O–H groups in total. The van der Waals surface area contributed by atoms with Crippen LogP contribution in [0.5, 0.6) is 0 Å². The molecular weight excluding hydrogens is 466 g/mol. The first-order valence-corrected chi connectivity index (χ1v) is 11.7. The second kappa shape index (κ2) is 15.8. The average molecular weight is 504 g/mol. The molecule has 2 rings (SSSR count). The highest BCUT2D eigenvalue weighted by molar-refractivity contribution is 5.67. The van der Waals surface area contributed by atoms with Gasteiger partial charge in [0.1, 0.15) is 11.8 Å². The number of aliphatic hydroxyl groups excluding tert-OH is 1. The monoisotopic (exact) mass is 503 g/mol. The molecule has 1 aliphatic heterocycles. The van der Waals surface area contributed by atoms with Crippen LogP contribution in [0.15, 0.2) is 6.20 Å². The maximum absolute atomic E-state index is 11.7. The molecule has 200 valence electrons. The number of carbonyl (C=O) groups excluding carboxylic acids is 2. The van der Waals surface area contributed by atoms with Crippen molar-refractivity contribution < 1.29 is 47.9 Å². The van der Waals surface area contributed by atoms with Crippen LogP contribution in [0, 0.1) is 5.92 Å². The van der Waals surface area contributed by atoms with E-state index in [1.807, 2.05) is 13.8 Å². The van der Waals surface area contributed by atoms with Gasteiger partial charge in [-0.25, -0.2) is 4.68 Å². The van der Waals surface area contributed by atoms with Crippen molar-refractivity contribution in [3.63, 3.8) is 0 Å². The Kier molecular flexibility index (Phi) is 13.1. The van der Waals surface area contributed by atoms with Gasteiger partial charge >= 0.3 is 11.9 Å². The molecule has 13 nitrogen and oxygen atoms in total. The van der Waals surface area contributed by atoms with Crippen molar-refractivity contribution in [2.24, 2.45) is 5.92 Å². The summed E-state index contributed by atoms with van der Waals surface area (Å²) >= 11 is 0. The Balaban J connectivity index is 1.76. The molecule has 0 bridgehead atoms. The molecule has 0 aliphatic carbocycles. The normalized spacial score (nSPS) is 24.3. The predicted octanol–water partition coefficient (Wildman–Crippen LogP) is 0.0811. The molecular formula is C22H37N3O10. The van der Waals surface area contributed by atoms with Crippen LogP contribution in [0.1, 0.15) is 33.4 Å². The Morgan fingerprint density at radius 1 is 0.971 bits per heavy atom. The molecule has 5 atom stereocenters. The summed E-state index contributed by atoms with van der Waals surface area (Å²) in [6.07, 6.45) is -1.11. The van der Waals surface area contributed by atoms with Crippen molar-refractivity contribution in [2.75, 3.05) is 46.2 Å².